The van der Waals surface area contributed by atoms with E-state index < -0.39 is 42.1 Å². The number of nitrogens with two attached hydrogens (primary N) is 1. The van der Waals surface area contributed by atoms with Gasteiger partial charge in [0.1, 0.15) is 23.8 Å². The predicted molar refractivity (Wildman–Crippen MR) is 149 cm³/mol. The number of carboxylic acids is 1. The van der Waals surface area contributed by atoms with Gasteiger partial charge in [0.15, 0.2) is 0 Å². The Kier molecular flexibility index (Phi) is 6.93. The summed E-state index contributed by atoms with van der Waals surface area (Å²) in [5.74, 6) is -1.95. The molecule has 4 unspecified atom stereocenters. The van der Waals surface area contributed by atoms with E-state index in [0.29, 0.717) is 23.9 Å². The number of benzene rings is 2. The van der Waals surface area contributed by atoms with Crippen LogP contribution in [-0.4, -0.2) is 71.1 Å². The van der Waals surface area contributed by atoms with Gasteiger partial charge in [0, 0.05) is 18.0 Å². The average Bonchev–Trinajstić information content (AvgIpc) is 3.60. The number of aliphatic hydroxyl groups excluding tert-OH is 2. The minimum absolute atomic E-state index is 0.0209. The zero-order valence-corrected chi connectivity index (χ0v) is 22.6. The van der Waals surface area contributed by atoms with Crippen molar-refractivity contribution in [3.05, 3.63) is 88.1 Å². The van der Waals surface area contributed by atoms with Crippen LogP contribution in [0.4, 0.5) is 0 Å². The number of aromatic nitrogens is 4. The molecule has 2 heterocycles. The van der Waals surface area contributed by atoms with Gasteiger partial charge in [-0.25, -0.2) is 14.8 Å². The van der Waals surface area contributed by atoms with Gasteiger partial charge in [-0.15, -0.1) is 0 Å². The van der Waals surface area contributed by atoms with Crippen LogP contribution in [0.3, 0.4) is 0 Å². The van der Waals surface area contributed by atoms with Gasteiger partial charge < -0.3 is 31.7 Å². The van der Waals surface area contributed by atoms with Crippen LogP contribution in [0.15, 0.2) is 48.9 Å². The molecule has 2 aromatic carbocycles. The molecule has 0 aliphatic heterocycles. The second-order valence-electron chi connectivity index (χ2n) is 10.7. The molecule has 0 saturated heterocycles. The number of carbonyl (C=O) groups is 3. The van der Waals surface area contributed by atoms with E-state index in [9.17, 15) is 29.7 Å². The summed E-state index contributed by atoms with van der Waals surface area (Å²) < 4.78 is 1.59. The fourth-order valence-corrected chi connectivity index (χ4v) is 5.83. The van der Waals surface area contributed by atoms with Crippen molar-refractivity contribution in [2.75, 3.05) is 0 Å². The Balaban J connectivity index is 1.12. The number of nitrogens with one attached hydrogen (secondary N) is 2. The first-order chi connectivity index (χ1) is 20.1. The van der Waals surface area contributed by atoms with Crippen LogP contribution >= 0.6 is 0 Å². The summed E-state index contributed by atoms with van der Waals surface area (Å²) in [5, 5.41) is 40.3. The van der Waals surface area contributed by atoms with Crippen LogP contribution in [0.25, 0.3) is 10.9 Å². The molecule has 42 heavy (non-hydrogen) atoms. The van der Waals surface area contributed by atoms with Gasteiger partial charge in [0.2, 0.25) is 0 Å². The van der Waals surface area contributed by atoms with Crippen molar-refractivity contribution in [1.29, 1.82) is 0 Å². The first-order valence-corrected chi connectivity index (χ1v) is 13.5. The number of carboxylic acid groups (broad SMARTS) is 1. The highest BCUT2D eigenvalue weighted by Gasteiger charge is 2.49. The van der Waals surface area contributed by atoms with Crippen LogP contribution in [0, 0.1) is 6.92 Å². The summed E-state index contributed by atoms with van der Waals surface area (Å²) >= 11 is 0. The SMILES string of the molecule is Cc1c(C(=O)O)ccc2c1CC[C@@H]2NC(=O)c1cc(C(=O)NCc2ccc3cnn(C4C(N)C(O)C4O)c3c2)ncn1. The molecule has 13 heteroatoms. The lowest BCUT2D eigenvalue weighted by Gasteiger charge is -2.44. The number of aliphatic hydroxyl groups is 2. The molecule has 5 atom stereocenters. The molecule has 0 bridgehead atoms. The van der Waals surface area contributed by atoms with Crippen LogP contribution in [0.1, 0.15) is 72.1 Å². The smallest absolute Gasteiger partial charge is 0.335 e. The van der Waals surface area contributed by atoms with Crippen molar-refractivity contribution in [2.45, 2.75) is 56.6 Å². The standard InChI is InChI=1S/C29H29N7O6/c1-13-16-6-7-19(18(16)5-4-17(13)29(41)42)35-28(40)21-9-20(32-12-33-21)27(39)31-10-14-2-3-15-11-34-36(22(15)8-14)24-23(30)25(37)26(24)38/h2-5,8-9,11-12,19,23-26,37-38H,6-7,10,30H2,1H3,(H,31,39)(H,35,40)(H,41,42)/t19-,23?,24?,25?,26?/m0/s1. The van der Waals surface area contributed by atoms with E-state index >= 15 is 0 Å². The zero-order chi connectivity index (χ0) is 29.7. The van der Waals surface area contributed by atoms with Gasteiger partial charge in [-0.3, -0.25) is 14.3 Å². The first kappa shape index (κ1) is 27.4. The Morgan fingerprint density at radius 3 is 2.55 bits per heavy atom. The van der Waals surface area contributed by atoms with E-state index in [2.05, 4.69) is 25.7 Å². The lowest BCUT2D eigenvalue weighted by atomic mass is 9.80. The Hall–Kier alpha value is -4.72. The Labute approximate surface area is 239 Å². The number of aromatic carboxylic acids is 1. The molecule has 216 valence electrons. The van der Waals surface area contributed by atoms with Crippen molar-refractivity contribution in [3.63, 3.8) is 0 Å². The maximum absolute atomic E-state index is 13.0. The van der Waals surface area contributed by atoms with E-state index in [-0.39, 0.29) is 29.5 Å². The molecule has 7 N–H and O–H groups in total. The fraction of sp³-hybridized carbons (Fsp3) is 0.310. The topological polar surface area (TPSA) is 206 Å². The largest absolute Gasteiger partial charge is 0.478 e. The molecule has 2 amide bonds. The quantitative estimate of drug-likeness (QED) is 0.184. The molecule has 2 aromatic heterocycles. The van der Waals surface area contributed by atoms with E-state index in [1.807, 2.05) is 18.2 Å². The number of rotatable bonds is 7. The highest BCUT2D eigenvalue weighted by Crippen LogP contribution is 2.35. The summed E-state index contributed by atoms with van der Waals surface area (Å²) in [6.07, 6.45) is 2.04. The highest BCUT2D eigenvalue weighted by atomic mass is 16.4. The second kappa shape index (κ2) is 10.6. The normalized spacial score (nSPS) is 22.8. The minimum atomic E-state index is -1.02. The number of nitrogens with zero attached hydrogens (tertiary/aromatic N) is 4. The lowest BCUT2D eigenvalue weighted by Crippen LogP contribution is -2.64. The van der Waals surface area contributed by atoms with Crippen LogP contribution in [0.5, 0.6) is 0 Å². The third-order valence-electron chi connectivity index (χ3n) is 8.25. The summed E-state index contributed by atoms with van der Waals surface area (Å²) in [4.78, 5) is 45.5. The van der Waals surface area contributed by atoms with Gasteiger partial charge in [0.05, 0.1) is 41.5 Å². The van der Waals surface area contributed by atoms with E-state index in [4.69, 9.17) is 5.73 Å². The van der Waals surface area contributed by atoms with Crippen LogP contribution in [0.2, 0.25) is 0 Å². The molecule has 4 aromatic rings. The molecular weight excluding hydrogens is 542 g/mol. The number of amides is 2. The number of fused-ring (bicyclic) bond motifs is 2. The number of hydrogen-bond acceptors (Lipinski definition) is 9. The van der Waals surface area contributed by atoms with Crippen molar-refractivity contribution in [1.82, 2.24) is 30.4 Å². The summed E-state index contributed by atoms with van der Waals surface area (Å²) in [5.41, 5.74) is 10.2. The molecule has 0 radical (unpaired) electrons. The number of carbonyl (C=O) groups excluding carboxylic acids is 2. The molecule has 13 nitrogen and oxygen atoms in total. The van der Waals surface area contributed by atoms with Gasteiger partial charge in [-0.2, -0.15) is 5.10 Å². The van der Waals surface area contributed by atoms with Gasteiger partial charge >= 0.3 is 5.97 Å². The fourth-order valence-electron chi connectivity index (χ4n) is 5.83. The summed E-state index contributed by atoms with van der Waals surface area (Å²) in [6, 6.07) is 8.60. The Morgan fingerprint density at radius 2 is 1.81 bits per heavy atom. The zero-order valence-electron chi connectivity index (χ0n) is 22.6. The molecular formula is C29H29N7O6. The van der Waals surface area contributed by atoms with Gasteiger partial charge in [-0.1, -0.05) is 18.2 Å². The van der Waals surface area contributed by atoms with E-state index in [1.54, 1.807) is 29.9 Å². The summed E-state index contributed by atoms with van der Waals surface area (Å²) in [7, 11) is 0. The van der Waals surface area contributed by atoms with Crippen molar-refractivity contribution < 1.29 is 29.7 Å². The highest BCUT2D eigenvalue weighted by molar-refractivity contribution is 5.97. The van der Waals surface area contributed by atoms with Crippen LogP contribution < -0.4 is 16.4 Å². The summed E-state index contributed by atoms with van der Waals surface area (Å²) in [6.45, 7) is 1.93. The molecule has 2 aliphatic carbocycles. The van der Waals surface area contributed by atoms with Crippen molar-refractivity contribution >= 4 is 28.7 Å². The van der Waals surface area contributed by atoms with Crippen molar-refractivity contribution in [2.24, 2.45) is 5.73 Å². The molecule has 0 spiro atoms. The van der Waals surface area contributed by atoms with Gasteiger partial charge in [-0.05, 0) is 54.2 Å². The maximum atomic E-state index is 13.0. The lowest BCUT2D eigenvalue weighted by molar-refractivity contribution is -0.113. The third-order valence-corrected chi connectivity index (χ3v) is 8.25. The Bertz CT molecular complexity index is 1730. The molecule has 1 saturated carbocycles. The second-order valence-corrected chi connectivity index (χ2v) is 10.7. The molecule has 1 fully saturated rings. The van der Waals surface area contributed by atoms with Gasteiger partial charge in [0.25, 0.3) is 11.8 Å². The average molecular weight is 572 g/mol. The van der Waals surface area contributed by atoms with Crippen LogP contribution in [-0.2, 0) is 13.0 Å². The van der Waals surface area contributed by atoms with E-state index in [1.165, 1.54) is 6.07 Å². The first-order valence-electron chi connectivity index (χ1n) is 13.5. The minimum Gasteiger partial charge on any atom is -0.478 e. The molecule has 2 aliphatic rings. The molecule has 6 rings (SSSR count). The van der Waals surface area contributed by atoms with Crippen molar-refractivity contribution in [3.8, 4) is 0 Å². The predicted octanol–water partition coefficient (Wildman–Crippen LogP) is 0.784. The number of hydrogen-bond donors (Lipinski definition) is 6. The third kappa shape index (κ3) is 4.66. The van der Waals surface area contributed by atoms with E-state index in [0.717, 1.165) is 28.4 Å². The Morgan fingerprint density at radius 1 is 1.05 bits per heavy atom. The monoisotopic (exact) mass is 571 g/mol. The maximum Gasteiger partial charge on any atom is 0.335 e.